The maximum Gasteiger partial charge on any atom is 0.0319 e. The highest BCUT2D eigenvalue weighted by molar-refractivity contribution is 8.76. The highest BCUT2D eigenvalue weighted by Gasteiger charge is 2.04. The molecule has 0 heterocycles. The average Bonchev–Trinajstić information content (AvgIpc) is 2.63. The zero-order chi connectivity index (χ0) is 15.7. The van der Waals surface area contributed by atoms with Crippen LogP contribution in [0.4, 0.5) is 0 Å². The molecule has 0 atom stereocenters. The fraction of sp³-hybridized carbons (Fsp3) is 0.100. The van der Waals surface area contributed by atoms with E-state index >= 15 is 0 Å². The molecule has 0 spiro atoms. The van der Waals surface area contributed by atoms with Crippen molar-refractivity contribution in [1.29, 1.82) is 0 Å². The molecule has 0 aromatic heterocycles. The number of thioether (sulfide) groups is 1. The van der Waals surface area contributed by atoms with E-state index in [9.17, 15) is 0 Å². The van der Waals surface area contributed by atoms with Crippen LogP contribution in [-0.2, 0) is 11.5 Å². The Morgan fingerprint density at radius 1 is 0.522 bits per heavy atom. The van der Waals surface area contributed by atoms with Gasteiger partial charge in [0.1, 0.15) is 0 Å². The standard InChI is InChI=1S/C20H18S3/c1-3-9-17(10-4-1)15-21-19-13-7-8-14-20(19)23-22-16-18-11-5-2-6-12-18/h1-14H,15-16H2. The van der Waals surface area contributed by atoms with Crippen LogP contribution in [0, 0.1) is 0 Å². The van der Waals surface area contributed by atoms with Crippen molar-refractivity contribution in [1.82, 2.24) is 0 Å². The maximum atomic E-state index is 2.22. The van der Waals surface area contributed by atoms with Gasteiger partial charge in [0.15, 0.2) is 0 Å². The topological polar surface area (TPSA) is 0 Å². The predicted molar refractivity (Wildman–Crippen MR) is 106 cm³/mol. The van der Waals surface area contributed by atoms with Gasteiger partial charge in [-0.3, -0.25) is 0 Å². The smallest absolute Gasteiger partial charge is 0.0319 e. The summed E-state index contributed by atoms with van der Waals surface area (Å²) < 4.78 is 0. The lowest BCUT2D eigenvalue weighted by Crippen LogP contribution is -1.82. The molecule has 3 heteroatoms. The summed E-state index contributed by atoms with van der Waals surface area (Å²) in [6, 6.07) is 30.0. The van der Waals surface area contributed by atoms with Gasteiger partial charge in [-0.05, 0) is 23.3 Å². The van der Waals surface area contributed by atoms with Crippen molar-refractivity contribution >= 4 is 33.3 Å². The average molecular weight is 355 g/mol. The molecule has 0 unspecified atom stereocenters. The Morgan fingerprint density at radius 3 is 1.70 bits per heavy atom. The van der Waals surface area contributed by atoms with Crippen LogP contribution in [0.3, 0.4) is 0 Å². The van der Waals surface area contributed by atoms with Crippen LogP contribution in [0.1, 0.15) is 11.1 Å². The fourth-order valence-corrected chi connectivity index (χ4v) is 5.67. The molecule has 0 N–H and O–H groups in total. The van der Waals surface area contributed by atoms with Gasteiger partial charge in [-0.25, -0.2) is 0 Å². The predicted octanol–water partition coefficient (Wildman–Crippen LogP) is 6.92. The minimum Gasteiger partial charge on any atom is -0.120 e. The first-order valence-corrected chi connectivity index (χ1v) is 10.8. The summed E-state index contributed by atoms with van der Waals surface area (Å²) in [7, 11) is 3.77. The van der Waals surface area contributed by atoms with Gasteiger partial charge in [0, 0.05) is 21.3 Å². The van der Waals surface area contributed by atoms with E-state index < -0.39 is 0 Å². The Morgan fingerprint density at radius 2 is 1.04 bits per heavy atom. The van der Waals surface area contributed by atoms with Crippen LogP contribution in [0.5, 0.6) is 0 Å². The Balaban J connectivity index is 1.57. The number of hydrogen-bond acceptors (Lipinski definition) is 3. The van der Waals surface area contributed by atoms with Gasteiger partial charge < -0.3 is 0 Å². The van der Waals surface area contributed by atoms with Crippen LogP contribution in [0.25, 0.3) is 0 Å². The molecule has 0 nitrogen and oxygen atoms in total. The minimum absolute atomic E-state index is 1.02. The van der Waals surface area contributed by atoms with Crippen molar-refractivity contribution in [2.45, 2.75) is 21.3 Å². The van der Waals surface area contributed by atoms with Gasteiger partial charge in [-0.1, -0.05) is 94.4 Å². The summed E-state index contributed by atoms with van der Waals surface area (Å²) in [4.78, 5) is 2.72. The molecule has 0 aliphatic heterocycles. The lowest BCUT2D eigenvalue weighted by molar-refractivity contribution is 1.25. The number of benzene rings is 3. The maximum absolute atomic E-state index is 2.22. The third-order valence-electron chi connectivity index (χ3n) is 3.30. The number of hydrogen-bond donors (Lipinski definition) is 0. The SMILES string of the molecule is c1ccc(CSSc2ccccc2SCc2ccccc2)cc1. The second kappa shape index (κ2) is 9.11. The third kappa shape index (κ3) is 5.38. The summed E-state index contributed by atoms with van der Waals surface area (Å²) in [6.07, 6.45) is 0. The zero-order valence-corrected chi connectivity index (χ0v) is 15.2. The molecule has 0 saturated carbocycles. The van der Waals surface area contributed by atoms with E-state index in [1.54, 1.807) is 0 Å². The fourth-order valence-electron chi connectivity index (χ4n) is 2.11. The van der Waals surface area contributed by atoms with Gasteiger partial charge in [0.25, 0.3) is 0 Å². The van der Waals surface area contributed by atoms with Gasteiger partial charge in [-0.15, -0.1) is 11.8 Å². The normalized spacial score (nSPS) is 10.6. The van der Waals surface area contributed by atoms with Gasteiger partial charge in [0.05, 0.1) is 0 Å². The molecule has 23 heavy (non-hydrogen) atoms. The lowest BCUT2D eigenvalue weighted by atomic mass is 10.2. The Labute approximate surface area is 150 Å². The van der Waals surface area contributed by atoms with Crippen LogP contribution < -0.4 is 0 Å². The van der Waals surface area contributed by atoms with Crippen molar-refractivity contribution in [2.24, 2.45) is 0 Å². The summed E-state index contributed by atoms with van der Waals surface area (Å²) in [5.74, 6) is 2.05. The zero-order valence-electron chi connectivity index (χ0n) is 12.7. The molecule has 3 aromatic carbocycles. The largest absolute Gasteiger partial charge is 0.120 e. The van der Waals surface area contributed by atoms with Crippen molar-refractivity contribution in [3.63, 3.8) is 0 Å². The molecule has 116 valence electrons. The third-order valence-corrected chi connectivity index (χ3v) is 6.93. The second-order valence-electron chi connectivity index (χ2n) is 5.05. The Bertz CT molecular complexity index is 711. The molecule has 0 saturated heterocycles. The molecule has 3 rings (SSSR count). The van der Waals surface area contributed by atoms with Crippen molar-refractivity contribution < 1.29 is 0 Å². The molecular weight excluding hydrogens is 336 g/mol. The Hall–Kier alpha value is -1.29. The summed E-state index contributed by atoms with van der Waals surface area (Å²) in [6.45, 7) is 0. The molecule has 0 fully saturated rings. The van der Waals surface area contributed by atoms with E-state index in [0.717, 1.165) is 11.5 Å². The molecule has 3 aromatic rings. The quantitative estimate of drug-likeness (QED) is 0.334. The summed E-state index contributed by atoms with van der Waals surface area (Å²) >= 11 is 1.91. The van der Waals surface area contributed by atoms with Gasteiger partial charge in [0.2, 0.25) is 0 Å². The first-order valence-electron chi connectivity index (χ1n) is 7.51. The lowest BCUT2D eigenvalue weighted by Gasteiger charge is -2.08. The van der Waals surface area contributed by atoms with Gasteiger partial charge >= 0.3 is 0 Å². The highest BCUT2D eigenvalue weighted by atomic mass is 33.1. The molecular formula is C20H18S3. The van der Waals surface area contributed by atoms with Crippen molar-refractivity contribution in [3.8, 4) is 0 Å². The van der Waals surface area contributed by atoms with Crippen LogP contribution in [0.2, 0.25) is 0 Å². The highest BCUT2D eigenvalue weighted by Crippen LogP contribution is 2.40. The first kappa shape index (κ1) is 16.6. The van der Waals surface area contributed by atoms with E-state index in [0.29, 0.717) is 0 Å². The van der Waals surface area contributed by atoms with E-state index in [1.807, 2.05) is 33.3 Å². The van der Waals surface area contributed by atoms with E-state index in [1.165, 1.54) is 20.9 Å². The monoisotopic (exact) mass is 354 g/mol. The molecule has 0 aliphatic carbocycles. The van der Waals surface area contributed by atoms with Crippen LogP contribution in [-0.4, -0.2) is 0 Å². The van der Waals surface area contributed by atoms with E-state index in [-0.39, 0.29) is 0 Å². The van der Waals surface area contributed by atoms with E-state index in [2.05, 4.69) is 84.9 Å². The van der Waals surface area contributed by atoms with Crippen LogP contribution >= 0.6 is 33.3 Å². The molecule has 0 radical (unpaired) electrons. The minimum atomic E-state index is 1.02. The molecule has 0 aliphatic rings. The Kier molecular flexibility index (Phi) is 6.56. The summed E-state index contributed by atoms with van der Waals surface area (Å²) in [5.41, 5.74) is 2.74. The molecule has 0 bridgehead atoms. The van der Waals surface area contributed by atoms with Crippen LogP contribution in [0.15, 0.2) is 94.7 Å². The second-order valence-corrected chi connectivity index (χ2v) is 8.41. The summed E-state index contributed by atoms with van der Waals surface area (Å²) in [5, 5.41) is 0. The number of rotatable bonds is 7. The van der Waals surface area contributed by atoms with Crippen molar-refractivity contribution in [2.75, 3.05) is 0 Å². The van der Waals surface area contributed by atoms with Crippen molar-refractivity contribution in [3.05, 3.63) is 96.1 Å². The van der Waals surface area contributed by atoms with E-state index in [4.69, 9.17) is 0 Å². The molecule has 0 amide bonds. The van der Waals surface area contributed by atoms with Gasteiger partial charge in [-0.2, -0.15) is 0 Å². The first-order chi connectivity index (χ1) is 11.4.